The normalized spacial score (nSPS) is 16.3. The third-order valence-electron chi connectivity index (χ3n) is 5.12. The lowest BCUT2D eigenvalue weighted by atomic mass is 9.97. The second-order valence-electron chi connectivity index (χ2n) is 6.91. The molecular formula is C25H18ClNS. The molecule has 0 aliphatic carbocycles. The van der Waals surface area contributed by atoms with Gasteiger partial charge < -0.3 is 0 Å². The van der Waals surface area contributed by atoms with Crippen LogP contribution in [0.15, 0.2) is 101 Å². The first kappa shape index (κ1) is 17.5. The zero-order valence-electron chi connectivity index (χ0n) is 15.2. The van der Waals surface area contributed by atoms with Gasteiger partial charge in [0.1, 0.15) is 0 Å². The van der Waals surface area contributed by atoms with Crippen LogP contribution in [0.25, 0.3) is 10.8 Å². The summed E-state index contributed by atoms with van der Waals surface area (Å²) in [5.74, 6) is 0. The lowest BCUT2D eigenvalue weighted by molar-refractivity contribution is 1.02. The highest BCUT2D eigenvalue weighted by Crippen LogP contribution is 2.47. The van der Waals surface area contributed by atoms with E-state index in [1.807, 2.05) is 23.9 Å². The van der Waals surface area contributed by atoms with Gasteiger partial charge in [0, 0.05) is 27.3 Å². The Morgan fingerprint density at radius 3 is 2.43 bits per heavy atom. The zero-order valence-corrected chi connectivity index (χ0v) is 16.8. The number of thioether (sulfide) groups is 1. The molecule has 28 heavy (non-hydrogen) atoms. The highest BCUT2D eigenvalue weighted by atomic mass is 35.5. The van der Waals surface area contributed by atoms with Crippen LogP contribution < -0.4 is 0 Å². The van der Waals surface area contributed by atoms with Gasteiger partial charge in [-0.25, -0.2) is 0 Å². The molecule has 3 heteroatoms. The summed E-state index contributed by atoms with van der Waals surface area (Å²) in [5, 5.41) is 3.64. The van der Waals surface area contributed by atoms with Crippen molar-refractivity contribution in [1.29, 1.82) is 0 Å². The Kier molecular flexibility index (Phi) is 4.67. The van der Waals surface area contributed by atoms with Crippen molar-refractivity contribution in [3.63, 3.8) is 0 Å². The summed E-state index contributed by atoms with van der Waals surface area (Å²) in [5.41, 5.74) is 4.64. The lowest BCUT2D eigenvalue weighted by Gasteiger charge is -2.18. The van der Waals surface area contributed by atoms with Crippen molar-refractivity contribution in [3.05, 3.63) is 107 Å². The first-order valence-corrected chi connectivity index (χ1v) is 10.6. The second-order valence-corrected chi connectivity index (χ2v) is 8.59. The highest BCUT2D eigenvalue weighted by molar-refractivity contribution is 7.99. The third-order valence-corrected chi connectivity index (χ3v) is 6.67. The summed E-state index contributed by atoms with van der Waals surface area (Å²) in [4.78, 5) is 6.27. The van der Waals surface area contributed by atoms with Gasteiger partial charge in [-0.3, -0.25) is 4.99 Å². The van der Waals surface area contributed by atoms with Crippen LogP contribution in [-0.4, -0.2) is 5.71 Å². The van der Waals surface area contributed by atoms with E-state index < -0.39 is 0 Å². The summed E-state index contributed by atoms with van der Waals surface area (Å²) in [6, 6.07) is 31.7. The molecule has 136 valence electrons. The molecule has 0 radical (unpaired) electrons. The smallest absolute Gasteiger partial charge is 0.0769 e. The van der Waals surface area contributed by atoms with Crippen LogP contribution in [0, 0.1) is 0 Å². The molecule has 0 fully saturated rings. The van der Waals surface area contributed by atoms with Gasteiger partial charge in [-0.15, -0.1) is 11.8 Å². The fraction of sp³-hybridized carbons (Fsp3) is 0.0800. The molecule has 0 amide bonds. The molecule has 4 aromatic rings. The molecule has 0 saturated carbocycles. The number of rotatable bonds is 2. The number of aliphatic imine (C=N–C) groups is 1. The minimum Gasteiger partial charge on any atom is -0.252 e. The Labute approximate surface area is 174 Å². The molecule has 1 heterocycles. The molecule has 0 aromatic heterocycles. The van der Waals surface area contributed by atoms with E-state index in [0.29, 0.717) is 5.25 Å². The summed E-state index contributed by atoms with van der Waals surface area (Å²) in [6.07, 6.45) is 0.870. The van der Waals surface area contributed by atoms with Crippen molar-refractivity contribution in [1.82, 2.24) is 0 Å². The van der Waals surface area contributed by atoms with Gasteiger partial charge in [0.15, 0.2) is 0 Å². The Morgan fingerprint density at radius 1 is 0.786 bits per heavy atom. The minimum atomic E-state index is 0.296. The average Bonchev–Trinajstić information content (AvgIpc) is 2.93. The summed E-state index contributed by atoms with van der Waals surface area (Å²) < 4.78 is 0. The summed E-state index contributed by atoms with van der Waals surface area (Å²) in [7, 11) is 0. The predicted molar refractivity (Wildman–Crippen MR) is 121 cm³/mol. The van der Waals surface area contributed by atoms with Crippen LogP contribution in [-0.2, 0) is 0 Å². The molecule has 5 rings (SSSR count). The lowest BCUT2D eigenvalue weighted by Crippen LogP contribution is -2.05. The number of hydrogen-bond donors (Lipinski definition) is 0. The van der Waals surface area contributed by atoms with Gasteiger partial charge in [-0.1, -0.05) is 78.3 Å². The maximum Gasteiger partial charge on any atom is 0.0769 e. The summed E-state index contributed by atoms with van der Waals surface area (Å²) in [6.45, 7) is 0. The minimum absolute atomic E-state index is 0.296. The van der Waals surface area contributed by atoms with Gasteiger partial charge in [0.25, 0.3) is 0 Å². The molecule has 1 atom stereocenters. The standard InChI is InChI=1S/C25H18ClNS/c26-19-14-12-18(13-15-19)23-16-25(28-24-11-4-3-10-22(24)27-23)21-9-5-7-17-6-1-2-8-20(17)21/h1-15,25H,16H2/t25-/m0/s1. The van der Waals surface area contributed by atoms with Gasteiger partial charge in [-0.2, -0.15) is 0 Å². The van der Waals surface area contributed by atoms with E-state index in [-0.39, 0.29) is 0 Å². The predicted octanol–water partition coefficient (Wildman–Crippen LogP) is 7.85. The van der Waals surface area contributed by atoms with Crippen LogP contribution in [0.1, 0.15) is 22.8 Å². The number of nitrogens with zero attached hydrogens (tertiary/aromatic N) is 1. The van der Waals surface area contributed by atoms with Crippen LogP contribution in [0.2, 0.25) is 5.02 Å². The number of halogens is 1. The Morgan fingerprint density at radius 2 is 1.54 bits per heavy atom. The van der Waals surface area contributed by atoms with Crippen molar-refractivity contribution in [2.24, 2.45) is 4.99 Å². The topological polar surface area (TPSA) is 12.4 Å². The largest absolute Gasteiger partial charge is 0.252 e. The molecule has 0 N–H and O–H groups in total. The number of hydrogen-bond acceptors (Lipinski definition) is 2. The fourth-order valence-electron chi connectivity index (χ4n) is 3.74. The Bertz CT molecular complexity index is 1180. The number of para-hydroxylation sites is 1. The molecule has 1 aliphatic heterocycles. The zero-order chi connectivity index (χ0) is 18.9. The van der Waals surface area contributed by atoms with Gasteiger partial charge in [0.05, 0.1) is 5.69 Å². The average molecular weight is 400 g/mol. The van der Waals surface area contributed by atoms with Crippen LogP contribution in [0.3, 0.4) is 0 Å². The third kappa shape index (κ3) is 3.34. The second kappa shape index (κ2) is 7.46. The quantitative estimate of drug-likeness (QED) is 0.334. The first-order valence-electron chi connectivity index (χ1n) is 9.35. The molecule has 0 unspecified atom stereocenters. The molecular weight excluding hydrogens is 382 g/mol. The number of fused-ring (bicyclic) bond motifs is 2. The first-order chi connectivity index (χ1) is 13.8. The van der Waals surface area contributed by atoms with Gasteiger partial charge in [-0.05, 0) is 46.2 Å². The molecule has 1 nitrogen and oxygen atoms in total. The van der Waals surface area contributed by atoms with Gasteiger partial charge >= 0.3 is 0 Å². The van der Waals surface area contributed by atoms with E-state index in [1.54, 1.807) is 0 Å². The van der Waals surface area contributed by atoms with E-state index in [1.165, 1.54) is 21.2 Å². The molecule has 0 saturated heterocycles. The van der Waals surface area contributed by atoms with Crippen molar-refractivity contribution < 1.29 is 0 Å². The molecule has 0 spiro atoms. The van der Waals surface area contributed by atoms with Crippen molar-refractivity contribution >= 4 is 45.5 Å². The van der Waals surface area contributed by atoms with Crippen molar-refractivity contribution in [3.8, 4) is 0 Å². The molecule has 4 aromatic carbocycles. The summed E-state index contributed by atoms with van der Waals surface area (Å²) >= 11 is 8.02. The van der Waals surface area contributed by atoms with E-state index in [4.69, 9.17) is 16.6 Å². The van der Waals surface area contributed by atoms with Crippen molar-refractivity contribution in [2.45, 2.75) is 16.6 Å². The Hall–Kier alpha value is -2.55. The van der Waals surface area contributed by atoms with Crippen LogP contribution >= 0.6 is 23.4 Å². The maximum atomic E-state index is 6.11. The van der Waals surface area contributed by atoms with E-state index in [0.717, 1.165) is 28.4 Å². The molecule has 0 bridgehead atoms. The van der Waals surface area contributed by atoms with E-state index in [9.17, 15) is 0 Å². The van der Waals surface area contributed by atoms with Gasteiger partial charge in [0.2, 0.25) is 0 Å². The Balaban J connectivity index is 1.65. The van der Waals surface area contributed by atoms with Crippen molar-refractivity contribution in [2.75, 3.05) is 0 Å². The van der Waals surface area contributed by atoms with E-state index >= 15 is 0 Å². The fourth-order valence-corrected chi connectivity index (χ4v) is 5.14. The maximum absolute atomic E-state index is 6.11. The van der Waals surface area contributed by atoms with E-state index in [2.05, 4.69) is 78.9 Å². The highest BCUT2D eigenvalue weighted by Gasteiger charge is 2.23. The molecule has 1 aliphatic rings. The monoisotopic (exact) mass is 399 g/mol. The van der Waals surface area contributed by atoms with Crippen LogP contribution in [0.4, 0.5) is 5.69 Å². The van der Waals surface area contributed by atoms with Crippen LogP contribution in [0.5, 0.6) is 0 Å². The SMILES string of the molecule is Clc1ccc(C2=Nc3ccccc3S[C@H](c3cccc4ccccc34)C2)cc1. The number of benzene rings is 4.